The van der Waals surface area contributed by atoms with Gasteiger partial charge in [-0.15, -0.1) is 0 Å². The third kappa shape index (κ3) is 7.31. The molecule has 0 radical (unpaired) electrons. The van der Waals surface area contributed by atoms with Crippen LogP contribution in [-0.2, 0) is 4.79 Å². The zero-order valence-electron chi connectivity index (χ0n) is 7.73. The molecule has 2 nitrogen and oxygen atoms in total. The molecule has 0 spiro atoms. The van der Waals surface area contributed by atoms with Crippen LogP contribution in [0.2, 0.25) is 0 Å². The van der Waals surface area contributed by atoms with E-state index in [0.717, 1.165) is 5.56 Å². The van der Waals surface area contributed by atoms with E-state index in [1.165, 1.54) is 5.54 Å². The van der Waals surface area contributed by atoms with E-state index in [9.17, 15) is 4.79 Å². The van der Waals surface area contributed by atoms with Gasteiger partial charge in [0.2, 0.25) is 0 Å². The lowest BCUT2D eigenvalue weighted by atomic mass is 10.2. The van der Waals surface area contributed by atoms with Gasteiger partial charge in [-0.1, -0.05) is 53.5 Å². The molecule has 1 rings (SSSR count). The number of carbonyl (C=O) groups is 1. The summed E-state index contributed by atoms with van der Waals surface area (Å²) in [4.78, 5) is 9.29. The SMILES string of the molecule is ClC=C(Cl)c1ccccc1.O=C(O)CS. The molecule has 0 heterocycles. The van der Waals surface area contributed by atoms with Gasteiger partial charge in [0, 0.05) is 5.54 Å². The molecule has 1 N–H and O–H groups in total. The van der Waals surface area contributed by atoms with Crippen LogP contribution < -0.4 is 0 Å². The average molecular weight is 265 g/mol. The van der Waals surface area contributed by atoms with Crippen molar-refractivity contribution in [2.24, 2.45) is 0 Å². The molecule has 0 saturated carbocycles. The molecule has 0 bridgehead atoms. The summed E-state index contributed by atoms with van der Waals surface area (Å²) in [5.41, 5.74) is 2.30. The van der Waals surface area contributed by atoms with Crippen molar-refractivity contribution in [2.75, 3.05) is 5.75 Å². The molecule has 0 aliphatic heterocycles. The molecular weight excluding hydrogens is 255 g/mol. The normalized spacial score (nSPS) is 10.2. The molecule has 1 aromatic rings. The van der Waals surface area contributed by atoms with E-state index in [2.05, 4.69) is 12.6 Å². The Kier molecular flexibility index (Phi) is 8.28. The number of thiol groups is 1. The highest BCUT2D eigenvalue weighted by Gasteiger charge is 1.92. The van der Waals surface area contributed by atoms with Crippen LogP contribution in [-0.4, -0.2) is 16.8 Å². The highest BCUT2D eigenvalue weighted by molar-refractivity contribution is 7.81. The summed E-state index contributed by atoms with van der Waals surface area (Å²) >= 11 is 14.5. The Morgan fingerprint density at radius 1 is 1.40 bits per heavy atom. The largest absolute Gasteiger partial charge is 0.481 e. The van der Waals surface area contributed by atoms with Gasteiger partial charge in [-0.05, 0) is 5.56 Å². The van der Waals surface area contributed by atoms with Crippen LogP contribution in [0.15, 0.2) is 35.9 Å². The molecular formula is C10H10Cl2O2S. The van der Waals surface area contributed by atoms with Crippen LogP contribution in [0.3, 0.4) is 0 Å². The van der Waals surface area contributed by atoms with Gasteiger partial charge < -0.3 is 5.11 Å². The molecule has 0 fully saturated rings. The van der Waals surface area contributed by atoms with E-state index in [-0.39, 0.29) is 5.75 Å². The third-order valence-electron chi connectivity index (χ3n) is 1.28. The van der Waals surface area contributed by atoms with Crippen molar-refractivity contribution in [1.29, 1.82) is 0 Å². The van der Waals surface area contributed by atoms with Gasteiger partial charge in [0.25, 0.3) is 0 Å². The Balaban J connectivity index is 0.000000336. The van der Waals surface area contributed by atoms with Gasteiger partial charge in [-0.3, -0.25) is 4.79 Å². The average Bonchev–Trinajstić information content (AvgIpc) is 2.30. The first kappa shape index (κ1) is 14.4. The van der Waals surface area contributed by atoms with Crippen molar-refractivity contribution in [3.63, 3.8) is 0 Å². The first-order valence-corrected chi connectivity index (χ1v) is 5.40. The number of hydrogen-bond acceptors (Lipinski definition) is 2. The number of halogens is 2. The highest BCUT2D eigenvalue weighted by Crippen LogP contribution is 2.18. The lowest BCUT2D eigenvalue weighted by molar-refractivity contribution is -0.133. The minimum absolute atomic E-state index is 0.0833. The molecule has 0 aliphatic carbocycles. The van der Waals surface area contributed by atoms with Gasteiger partial charge in [-0.25, -0.2) is 0 Å². The molecule has 15 heavy (non-hydrogen) atoms. The van der Waals surface area contributed by atoms with Crippen LogP contribution >= 0.6 is 35.8 Å². The van der Waals surface area contributed by atoms with Gasteiger partial charge in [0.1, 0.15) is 0 Å². The van der Waals surface area contributed by atoms with Crippen molar-refractivity contribution < 1.29 is 9.90 Å². The zero-order valence-corrected chi connectivity index (χ0v) is 10.1. The van der Waals surface area contributed by atoms with Gasteiger partial charge in [0.15, 0.2) is 0 Å². The van der Waals surface area contributed by atoms with Crippen molar-refractivity contribution in [3.05, 3.63) is 41.4 Å². The number of benzene rings is 1. The standard InChI is InChI=1S/C8H6Cl2.C2H4O2S/c9-6-8(10)7-4-2-1-3-5-7;3-2(4)1-5/h1-6H;5H,1H2,(H,3,4). The zero-order chi connectivity index (χ0) is 11.7. The van der Waals surface area contributed by atoms with Crippen molar-refractivity contribution in [3.8, 4) is 0 Å². The van der Waals surface area contributed by atoms with E-state index in [1.807, 2.05) is 30.3 Å². The maximum Gasteiger partial charge on any atom is 0.313 e. The minimum atomic E-state index is -0.881. The maximum atomic E-state index is 9.29. The Bertz CT molecular complexity index is 325. The Morgan fingerprint density at radius 3 is 2.20 bits per heavy atom. The lowest BCUT2D eigenvalue weighted by Gasteiger charge is -1.93. The number of rotatable bonds is 2. The van der Waals surface area contributed by atoms with Crippen molar-refractivity contribution in [1.82, 2.24) is 0 Å². The van der Waals surface area contributed by atoms with Crippen LogP contribution in [0.4, 0.5) is 0 Å². The summed E-state index contributed by atoms with van der Waals surface area (Å²) in [6, 6.07) is 9.57. The van der Waals surface area contributed by atoms with Crippen LogP contribution in [0.25, 0.3) is 5.03 Å². The molecule has 5 heteroatoms. The summed E-state index contributed by atoms with van der Waals surface area (Å²) in [5, 5.41) is 8.22. The van der Waals surface area contributed by atoms with E-state index < -0.39 is 5.97 Å². The second kappa shape index (κ2) is 8.65. The number of aliphatic carboxylic acids is 1. The lowest BCUT2D eigenvalue weighted by Crippen LogP contribution is -1.92. The first-order valence-electron chi connectivity index (χ1n) is 3.95. The summed E-state index contributed by atoms with van der Waals surface area (Å²) < 4.78 is 0. The van der Waals surface area contributed by atoms with E-state index >= 15 is 0 Å². The second-order valence-electron chi connectivity index (χ2n) is 2.37. The fourth-order valence-electron chi connectivity index (χ4n) is 0.660. The van der Waals surface area contributed by atoms with Crippen LogP contribution in [0.1, 0.15) is 5.56 Å². The smallest absolute Gasteiger partial charge is 0.313 e. The molecule has 82 valence electrons. The van der Waals surface area contributed by atoms with Crippen molar-refractivity contribution >= 4 is 46.8 Å². The predicted octanol–water partition coefficient (Wildman–Crippen LogP) is 3.46. The molecule has 0 aliphatic rings. The van der Waals surface area contributed by atoms with Crippen molar-refractivity contribution in [2.45, 2.75) is 0 Å². The topological polar surface area (TPSA) is 37.3 Å². The van der Waals surface area contributed by atoms with Gasteiger partial charge in [-0.2, -0.15) is 12.6 Å². The maximum absolute atomic E-state index is 9.29. The minimum Gasteiger partial charge on any atom is -0.481 e. The fourth-order valence-corrected chi connectivity index (χ4v) is 0.912. The summed E-state index contributed by atoms with van der Waals surface area (Å²) in [5.74, 6) is -0.965. The van der Waals surface area contributed by atoms with Gasteiger partial charge >= 0.3 is 5.97 Å². The van der Waals surface area contributed by atoms with Gasteiger partial charge in [0.05, 0.1) is 10.8 Å². The number of hydrogen-bond donors (Lipinski definition) is 2. The fraction of sp³-hybridized carbons (Fsp3) is 0.100. The molecule has 0 aromatic heterocycles. The molecule has 0 atom stereocenters. The molecule has 0 saturated heterocycles. The Hall–Kier alpha value is -0.640. The van der Waals surface area contributed by atoms with Crippen LogP contribution in [0, 0.1) is 0 Å². The van der Waals surface area contributed by atoms with Crippen LogP contribution in [0.5, 0.6) is 0 Å². The van der Waals surface area contributed by atoms with E-state index in [1.54, 1.807) is 0 Å². The molecule has 0 amide bonds. The molecule has 0 unspecified atom stereocenters. The summed E-state index contributed by atoms with van der Waals surface area (Å²) in [6.45, 7) is 0. The van der Waals surface area contributed by atoms with E-state index in [4.69, 9.17) is 28.3 Å². The third-order valence-corrected chi connectivity index (χ3v) is 2.21. The molecule has 1 aromatic carbocycles. The number of carboxylic acid groups (broad SMARTS) is 1. The monoisotopic (exact) mass is 264 g/mol. The quantitative estimate of drug-likeness (QED) is 0.803. The predicted molar refractivity (Wildman–Crippen MR) is 67.6 cm³/mol. The Labute approximate surface area is 104 Å². The number of carboxylic acids is 1. The first-order chi connectivity index (χ1) is 7.11. The second-order valence-corrected chi connectivity index (χ2v) is 3.32. The van der Waals surface area contributed by atoms with E-state index in [0.29, 0.717) is 5.03 Å². The summed E-state index contributed by atoms with van der Waals surface area (Å²) in [7, 11) is 0. The highest BCUT2D eigenvalue weighted by atomic mass is 35.5. The summed E-state index contributed by atoms with van der Waals surface area (Å²) in [6.07, 6.45) is 0. The Morgan fingerprint density at radius 2 is 1.87 bits per heavy atom.